The summed E-state index contributed by atoms with van der Waals surface area (Å²) in [5.41, 5.74) is 0.785. The zero-order valence-corrected chi connectivity index (χ0v) is 9.37. The van der Waals surface area contributed by atoms with E-state index in [2.05, 4.69) is 5.32 Å². The first-order chi connectivity index (χ1) is 7.50. The van der Waals surface area contributed by atoms with Gasteiger partial charge in [0.15, 0.2) is 5.76 Å². The summed E-state index contributed by atoms with van der Waals surface area (Å²) in [6, 6.07) is 1.78. The van der Waals surface area contributed by atoms with Crippen molar-refractivity contribution in [1.82, 2.24) is 5.32 Å². The van der Waals surface area contributed by atoms with Crippen molar-refractivity contribution in [2.24, 2.45) is 0 Å². The molecule has 0 aromatic carbocycles. The number of carboxylic acids is 1. The van der Waals surface area contributed by atoms with Gasteiger partial charge in [-0.1, -0.05) is 0 Å². The zero-order valence-electron chi connectivity index (χ0n) is 9.37. The van der Waals surface area contributed by atoms with E-state index < -0.39 is 5.97 Å². The Morgan fingerprint density at radius 2 is 2.12 bits per heavy atom. The van der Waals surface area contributed by atoms with Crippen LogP contribution in [0.3, 0.4) is 0 Å². The quantitative estimate of drug-likeness (QED) is 0.744. The van der Waals surface area contributed by atoms with E-state index in [0.717, 1.165) is 5.56 Å². The highest BCUT2D eigenvalue weighted by molar-refractivity contribution is 5.92. The Morgan fingerprint density at radius 1 is 1.44 bits per heavy atom. The van der Waals surface area contributed by atoms with Crippen LogP contribution in [0.5, 0.6) is 0 Å². The molecule has 5 heteroatoms. The SMILES string of the molecule is Cc1cc(C)c(C(=O)NCCCC(=O)O)o1. The van der Waals surface area contributed by atoms with Crippen molar-refractivity contribution < 1.29 is 19.1 Å². The van der Waals surface area contributed by atoms with Gasteiger partial charge in [0.2, 0.25) is 0 Å². The van der Waals surface area contributed by atoms with Crippen molar-refractivity contribution >= 4 is 11.9 Å². The van der Waals surface area contributed by atoms with Crippen molar-refractivity contribution in [3.05, 3.63) is 23.2 Å². The number of furan rings is 1. The lowest BCUT2D eigenvalue weighted by atomic mass is 10.2. The maximum atomic E-state index is 11.6. The van der Waals surface area contributed by atoms with Gasteiger partial charge in [-0.2, -0.15) is 0 Å². The van der Waals surface area contributed by atoms with E-state index in [0.29, 0.717) is 24.5 Å². The molecule has 0 aliphatic rings. The molecule has 5 nitrogen and oxygen atoms in total. The molecule has 0 aliphatic heterocycles. The van der Waals surface area contributed by atoms with E-state index in [1.807, 2.05) is 0 Å². The Hall–Kier alpha value is -1.78. The number of nitrogens with one attached hydrogen (secondary N) is 1. The average Bonchev–Trinajstić information content (AvgIpc) is 2.52. The topological polar surface area (TPSA) is 79.5 Å². The third kappa shape index (κ3) is 3.42. The smallest absolute Gasteiger partial charge is 0.303 e. The summed E-state index contributed by atoms with van der Waals surface area (Å²) in [6.07, 6.45) is 0.469. The average molecular weight is 225 g/mol. The molecule has 0 saturated carbocycles. The van der Waals surface area contributed by atoms with Gasteiger partial charge in [-0.3, -0.25) is 9.59 Å². The number of aliphatic carboxylic acids is 1. The first-order valence-electron chi connectivity index (χ1n) is 5.07. The molecule has 1 aromatic rings. The van der Waals surface area contributed by atoms with Crippen LogP contribution in [-0.2, 0) is 4.79 Å². The Morgan fingerprint density at radius 3 is 2.62 bits per heavy atom. The van der Waals surface area contributed by atoms with Gasteiger partial charge in [-0.05, 0) is 26.3 Å². The predicted octanol–water partition coefficient (Wildman–Crippen LogP) is 1.49. The molecule has 1 amide bonds. The molecular weight excluding hydrogens is 210 g/mol. The van der Waals surface area contributed by atoms with Crippen molar-refractivity contribution in [2.45, 2.75) is 26.7 Å². The maximum Gasteiger partial charge on any atom is 0.303 e. The molecule has 0 unspecified atom stereocenters. The summed E-state index contributed by atoms with van der Waals surface area (Å²) < 4.78 is 5.23. The van der Waals surface area contributed by atoms with Gasteiger partial charge in [-0.25, -0.2) is 0 Å². The molecule has 0 atom stereocenters. The molecule has 2 N–H and O–H groups in total. The summed E-state index contributed by atoms with van der Waals surface area (Å²) in [5, 5.41) is 11.0. The second kappa shape index (κ2) is 5.34. The van der Waals surface area contributed by atoms with E-state index in [9.17, 15) is 9.59 Å². The van der Waals surface area contributed by atoms with Gasteiger partial charge < -0.3 is 14.8 Å². The molecule has 1 heterocycles. The first kappa shape index (κ1) is 12.3. The Labute approximate surface area is 93.4 Å². The number of carboxylic acid groups (broad SMARTS) is 1. The normalized spacial score (nSPS) is 10.1. The van der Waals surface area contributed by atoms with E-state index >= 15 is 0 Å². The second-order valence-electron chi connectivity index (χ2n) is 3.62. The highest BCUT2D eigenvalue weighted by Gasteiger charge is 2.13. The molecule has 0 saturated heterocycles. The van der Waals surface area contributed by atoms with Crippen LogP contribution in [-0.4, -0.2) is 23.5 Å². The molecule has 16 heavy (non-hydrogen) atoms. The fourth-order valence-electron chi connectivity index (χ4n) is 1.39. The van der Waals surface area contributed by atoms with Crippen LogP contribution in [0, 0.1) is 13.8 Å². The first-order valence-corrected chi connectivity index (χ1v) is 5.07. The predicted molar refractivity (Wildman–Crippen MR) is 57.4 cm³/mol. The van der Waals surface area contributed by atoms with Gasteiger partial charge in [0.05, 0.1) is 0 Å². The van der Waals surface area contributed by atoms with Gasteiger partial charge in [-0.15, -0.1) is 0 Å². The van der Waals surface area contributed by atoms with Crippen LogP contribution in [0.2, 0.25) is 0 Å². The highest BCUT2D eigenvalue weighted by atomic mass is 16.4. The standard InChI is InChI=1S/C11H15NO4/c1-7-6-8(2)16-10(7)11(15)12-5-3-4-9(13)14/h6H,3-5H2,1-2H3,(H,12,15)(H,13,14). The largest absolute Gasteiger partial charge is 0.481 e. The number of carbonyl (C=O) groups is 2. The molecule has 88 valence electrons. The number of aryl methyl sites for hydroxylation is 2. The Bertz CT molecular complexity index is 395. The minimum atomic E-state index is -0.862. The molecule has 0 fully saturated rings. The third-order valence-corrected chi connectivity index (χ3v) is 2.10. The van der Waals surface area contributed by atoms with Gasteiger partial charge in [0, 0.05) is 18.5 Å². The third-order valence-electron chi connectivity index (χ3n) is 2.10. The van der Waals surface area contributed by atoms with Crippen LogP contribution in [0.15, 0.2) is 10.5 Å². The highest BCUT2D eigenvalue weighted by Crippen LogP contribution is 2.13. The number of amides is 1. The summed E-state index contributed by atoms with van der Waals surface area (Å²) >= 11 is 0. The summed E-state index contributed by atoms with van der Waals surface area (Å²) in [6.45, 7) is 3.90. The molecule has 0 radical (unpaired) electrons. The molecule has 1 aromatic heterocycles. The van der Waals surface area contributed by atoms with E-state index in [1.54, 1.807) is 19.9 Å². The van der Waals surface area contributed by atoms with Crippen molar-refractivity contribution in [1.29, 1.82) is 0 Å². The van der Waals surface area contributed by atoms with Gasteiger partial charge in [0.1, 0.15) is 5.76 Å². The number of hydrogen-bond donors (Lipinski definition) is 2. The monoisotopic (exact) mass is 225 g/mol. The Balaban J connectivity index is 2.41. The van der Waals surface area contributed by atoms with Crippen molar-refractivity contribution in [3.63, 3.8) is 0 Å². The Kier molecular flexibility index (Phi) is 4.10. The van der Waals surface area contributed by atoms with E-state index in [-0.39, 0.29) is 12.3 Å². The van der Waals surface area contributed by atoms with Gasteiger partial charge >= 0.3 is 5.97 Å². The van der Waals surface area contributed by atoms with Crippen molar-refractivity contribution in [3.8, 4) is 0 Å². The van der Waals surface area contributed by atoms with Crippen LogP contribution in [0.4, 0.5) is 0 Å². The van der Waals surface area contributed by atoms with Gasteiger partial charge in [0.25, 0.3) is 5.91 Å². The van der Waals surface area contributed by atoms with E-state index in [4.69, 9.17) is 9.52 Å². The zero-order chi connectivity index (χ0) is 12.1. The maximum absolute atomic E-state index is 11.6. The molecule has 0 bridgehead atoms. The van der Waals surface area contributed by atoms with Crippen molar-refractivity contribution in [2.75, 3.05) is 6.54 Å². The van der Waals surface area contributed by atoms with Crippen LogP contribution in [0.25, 0.3) is 0 Å². The lowest BCUT2D eigenvalue weighted by Gasteiger charge is -2.02. The van der Waals surface area contributed by atoms with E-state index in [1.165, 1.54) is 0 Å². The molecule has 0 spiro atoms. The minimum Gasteiger partial charge on any atom is -0.481 e. The fourth-order valence-corrected chi connectivity index (χ4v) is 1.39. The molecule has 1 rings (SSSR count). The lowest BCUT2D eigenvalue weighted by Crippen LogP contribution is -2.25. The number of rotatable bonds is 5. The van der Waals surface area contributed by atoms with Crippen LogP contribution < -0.4 is 5.32 Å². The molecule has 0 aliphatic carbocycles. The summed E-state index contributed by atoms with van der Waals surface area (Å²) in [5.74, 6) is -0.170. The summed E-state index contributed by atoms with van der Waals surface area (Å²) in [7, 11) is 0. The number of carbonyl (C=O) groups excluding carboxylic acids is 1. The minimum absolute atomic E-state index is 0.0520. The second-order valence-corrected chi connectivity index (χ2v) is 3.62. The lowest BCUT2D eigenvalue weighted by molar-refractivity contribution is -0.137. The fraction of sp³-hybridized carbons (Fsp3) is 0.455. The number of hydrogen-bond acceptors (Lipinski definition) is 3. The van der Waals surface area contributed by atoms with Crippen LogP contribution >= 0.6 is 0 Å². The summed E-state index contributed by atoms with van der Waals surface area (Å²) in [4.78, 5) is 21.8. The van der Waals surface area contributed by atoms with Crippen LogP contribution in [0.1, 0.15) is 34.7 Å². The molecular formula is C11H15NO4.